The summed E-state index contributed by atoms with van der Waals surface area (Å²) in [5.74, 6) is 0.577. The highest BCUT2D eigenvalue weighted by Crippen LogP contribution is 2.31. The second-order valence-corrected chi connectivity index (χ2v) is 5.53. The van der Waals surface area contributed by atoms with Crippen molar-refractivity contribution in [1.82, 2.24) is 4.98 Å². The van der Waals surface area contributed by atoms with Crippen molar-refractivity contribution in [3.05, 3.63) is 18.3 Å². The number of rotatable bonds is 1. The fourth-order valence-corrected chi connectivity index (χ4v) is 1.75. The van der Waals surface area contributed by atoms with Gasteiger partial charge in [0.25, 0.3) is 0 Å². The van der Waals surface area contributed by atoms with Crippen LogP contribution in [-0.4, -0.2) is 9.73 Å². The third-order valence-electron chi connectivity index (χ3n) is 1.18. The molecule has 2 nitrogen and oxygen atoms in total. The number of nitrogen functional groups attached to an aromatic ring is 1. The lowest BCUT2D eigenvalue weighted by Gasteiger charge is -2.16. The van der Waals surface area contributed by atoms with E-state index in [1.165, 1.54) is 0 Å². The second kappa shape index (κ2) is 4.72. The van der Waals surface area contributed by atoms with Gasteiger partial charge in [-0.25, -0.2) is 4.98 Å². The number of anilines is 1. The topological polar surface area (TPSA) is 38.9 Å². The minimum atomic E-state index is 0. The van der Waals surface area contributed by atoms with E-state index in [1.807, 2.05) is 18.3 Å². The van der Waals surface area contributed by atoms with Gasteiger partial charge in [-0.3, -0.25) is 0 Å². The van der Waals surface area contributed by atoms with Gasteiger partial charge >= 0.3 is 0 Å². The van der Waals surface area contributed by atoms with Gasteiger partial charge in [-0.05, 0) is 12.1 Å². The second-order valence-electron chi connectivity index (χ2n) is 3.63. The van der Waals surface area contributed by atoms with Crippen molar-refractivity contribution >= 4 is 30.0 Å². The predicted molar refractivity (Wildman–Crippen MR) is 61.5 cm³/mol. The number of hydrogen-bond donors (Lipinski definition) is 1. The van der Waals surface area contributed by atoms with Crippen molar-refractivity contribution in [3.8, 4) is 0 Å². The standard InChI is InChI=1S/C9H14N2S.ClH/c1-9(2,3)12-7-4-5-8(10)11-6-7;/h4-6H,1-3H3,(H2,10,11);1H. The zero-order valence-corrected chi connectivity index (χ0v) is 9.71. The van der Waals surface area contributed by atoms with Crippen LogP contribution in [-0.2, 0) is 0 Å². The van der Waals surface area contributed by atoms with Crippen molar-refractivity contribution < 1.29 is 0 Å². The molecule has 0 amide bonds. The van der Waals surface area contributed by atoms with E-state index in [0.29, 0.717) is 5.82 Å². The molecule has 74 valence electrons. The lowest BCUT2D eigenvalue weighted by Crippen LogP contribution is -2.06. The van der Waals surface area contributed by atoms with Gasteiger partial charge in [-0.2, -0.15) is 0 Å². The SMILES string of the molecule is CC(C)(C)Sc1ccc(N)nc1.Cl. The van der Waals surface area contributed by atoms with Crippen LogP contribution in [0.3, 0.4) is 0 Å². The van der Waals surface area contributed by atoms with Crippen LogP contribution in [0.2, 0.25) is 0 Å². The number of aromatic nitrogens is 1. The smallest absolute Gasteiger partial charge is 0.123 e. The fourth-order valence-electron chi connectivity index (χ4n) is 0.806. The molecule has 0 bridgehead atoms. The van der Waals surface area contributed by atoms with Crippen molar-refractivity contribution in [1.29, 1.82) is 0 Å². The molecule has 13 heavy (non-hydrogen) atoms. The van der Waals surface area contributed by atoms with Crippen molar-refractivity contribution in [3.63, 3.8) is 0 Å². The Bertz CT molecular complexity index is 253. The van der Waals surface area contributed by atoms with E-state index in [0.717, 1.165) is 4.90 Å². The first kappa shape index (κ1) is 12.6. The number of nitrogens with two attached hydrogens (primary N) is 1. The molecule has 1 rings (SSSR count). The van der Waals surface area contributed by atoms with E-state index >= 15 is 0 Å². The molecule has 0 fully saturated rings. The monoisotopic (exact) mass is 218 g/mol. The zero-order valence-electron chi connectivity index (χ0n) is 8.07. The maximum absolute atomic E-state index is 5.47. The molecule has 1 aromatic rings. The average molecular weight is 219 g/mol. The van der Waals surface area contributed by atoms with Crippen LogP contribution in [0.15, 0.2) is 23.2 Å². The van der Waals surface area contributed by atoms with Crippen LogP contribution in [0.25, 0.3) is 0 Å². The summed E-state index contributed by atoms with van der Waals surface area (Å²) in [6.07, 6.45) is 1.81. The van der Waals surface area contributed by atoms with Gasteiger partial charge < -0.3 is 5.73 Å². The Balaban J connectivity index is 0.00000144. The van der Waals surface area contributed by atoms with Crippen molar-refractivity contribution in [2.45, 2.75) is 30.4 Å². The first-order valence-electron chi connectivity index (χ1n) is 3.88. The molecule has 2 N–H and O–H groups in total. The quantitative estimate of drug-likeness (QED) is 0.737. The number of pyridine rings is 1. The Morgan fingerprint density at radius 1 is 1.31 bits per heavy atom. The van der Waals surface area contributed by atoms with E-state index in [2.05, 4.69) is 25.8 Å². The molecule has 1 aromatic heterocycles. The molecule has 1 heterocycles. The summed E-state index contributed by atoms with van der Waals surface area (Å²) in [7, 11) is 0. The molecule has 0 radical (unpaired) electrons. The number of halogens is 1. The normalized spacial score (nSPS) is 10.7. The van der Waals surface area contributed by atoms with Gasteiger partial charge in [0.15, 0.2) is 0 Å². The summed E-state index contributed by atoms with van der Waals surface area (Å²) in [5, 5.41) is 0. The van der Waals surface area contributed by atoms with E-state index in [9.17, 15) is 0 Å². The van der Waals surface area contributed by atoms with Gasteiger partial charge in [-0.15, -0.1) is 24.2 Å². The minimum Gasteiger partial charge on any atom is -0.384 e. The third-order valence-corrected chi connectivity index (χ3v) is 2.27. The first-order valence-corrected chi connectivity index (χ1v) is 4.69. The number of thioether (sulfide) groups is 1. The molecule has 4 heteroatoms. The van der Waals surface area contributed by atoms with Gasteiger partial charge in [0.1, 0.15) is 5.82 Å². The summed E-state index contributed by atoms with van der Waals surface area (Å²) in [6.45, 7) is 6.52. The number of hydrogen-bond acceptors (Lipinski definition) is 3. The van der Waals surface area contributed by atoms with Gasteiger partial charge in [0.2, 0.25) is 0 Å². The minimum absolute atomic E-state index is 0. The molecule has 0 atom stereocenters. The first-order chi connectivity index (χ1) is 5.47. The summed E-state index contributed by atoms with van der Waals surface area (Å²) >= 11 is 1.79. The Labute approximate surface area is 89.7 Å². The van der Waals surface area contributed by atoms with E-state index in [4.69, 9.17) is 5.73 Å². The Morgan fingerprint density at radius 2 is 1.92 bits per heavy atom. The van der Waals surface area contributed by atoms with Gasteiger partial charge in [-0.1, -0.05) is 20.8 Å². The van der Waals surface area contributed by atoms with Crippen molar-refractivity contribution in [2.24, 2.45) is 0 Å². The van der Waals surface area contributed by atoms with E-state index in [-0.39, 0.29) is 17.2 Å². The molecular formula is C9H15ClN2S. The van der Waals surface area contributed by atoms with Gasteiger partial charge in [0.05, 0.1) is 0 Å². The van der Waals surface area contributed by atoms with Crippen LogP contribution in [0.4, 0.5) is 5.82 Å². The Hall–Kier alpha value is -0.410. The highest BCUT2D eigenvalue weighted by Gasteiger charge is 2.11. The van der Waals surface area contributed by atoms with Crippen LogP contribution in [0.1, 0.15) is 20.8 Å². The predicted octanol–water partition coefficient (Wildman–Crippen LogP) is 2.98. The molecular weight excluding hydrogens is 204 g/mol. The van der Waals surface area contributed by atoms with E-state index in [1.54, 1.807) is 11.8 Å². The van der Waals surface area contributed by atoms with Gasteiger partial charge in [0, 0.05) is 15.8 Å². The maximum atomic E-state index is 5.47. The molecule has 0 aliphatic rings. The lowest BCUT2D eigenvalue weighted by molar-refractivity contribution is 0.802. The summed E-state index contributed by atoms with van der Waals surface area (Å²) in [6, 6.07) is 3.83. The highest BCUT2D eigenvalue weighted by molar-refractivity contribution is 8.00. The summed E-state index contributed by atoms with van der Waals surface area (Å²) in [5.41, 5.74) is 5.47. The van der Waals surface area contributed by atoms with Crippen LogP contribution in [0, 0.1) is 0 Å². The van der Waals surface area contributed by atoms with Crippen LogP contribution in [0.5, 0.6) is 0 Å². The molecule has 0 spiro atoms. The Kier molecular flexibility index (Phi) is 4.57. The fraction of sp³-hybridized carbons (Fsp3) is 0.444. The summed E-state index contributed by atoms with van der Waals surface area (Å²) < 4.78 is 0.234. The van der Waals surface area contributed by atoms with Crippen LogP contribution >= 0.6 is 24.2 Å². The molecule has 0 saturated heterocycles. The molecule has 0 aliphatic heterocycles. The van der Waals surface area contributed by atoms with Crippen molar-refractivity contribution in [2.75, 3.05) is 5.73 Å². The third kappa shape index (κ3) is 5.01. The molecule has 0 aromatic carbocycles. The zero-order chi connectivity index (χ0) is 9.19. The highest BCUT2D eigenvalue weighted by atomic mass is 35.5. The molecule has 0 saturated carbocycles. The Morgan fingerprint density at radius 3 is 2.31 bits per heavy atom. The van der Waals surface area contributed by atoms with Crippen LogP contribution < -0.4 is 5.73 Å². The largest absolute Gasteiger partial charge is 0.384 e. The maximum Gasteiger partial charge on any atom is 0.123 e. The summed E-state index contributed by atoms with van der Waals surface area (Å²) in [4.78, 5) is 5.18. The molecule has 0 aliphatic carbocycles. The average Bonchev–Trinajstić information content (AvgIpc) is 1.91. The number of nitrogens with zero attached hydrogens (tertiary/aromatic N) is 1. The lowest BCUT2D eigenvalue weighted by atomic mass is 10.3. The molecule has 0 unspecified atom stereocenters. The van der Waals surface area contributed by atoms with E-state index < -0.39 is 0 Å².